The van der Waals surface area contributed by atoms with Gasteiger partial charge in [-0.15, -0.1) is 0 Å². The Morgan fingerprint density at radius 2 is 2.41 bits per heavy atom. The minimum atomic E-state index is -0.922. The number of aliphatic carboxylic acids is 1. The van der Waals surface area contributed by atoms with Gasteiger partial charge in [0.05, 0.1) is 6.10 Å². The molecule has 94 valence electrons. The summed E-state index contributed by atoms with van der Waals surface area (Å²) in [6.45, 7) is 2.36. The van der Waals surface area contributed by atoms with Crippen LogP contribution in [0, 0.1) is 0 Å². The smallest absolute Gasteiger partial charge is 0.326 e. The Hall–Kier alpha value is -1.21. The molecule has 0 aliphatic carbocycles. The lowest BCUT2D eigenvalue weighted by molar-refractivity contribution is -0.138. The third-order valence-corrected chi connectivity index (χ3v) is 3.53. The number of hydrogen-bond donors (Lipinski definition) is 2. The van der Waals surface area contributed by atoms with Crippen molar-refractivity contribution in [1.82, 2.24) is 9.36 Å². The second kappa shape index (κ2) is 4.97. The lowest BCUT2D eigenvalue weighted by Crippen LogP contribution is -2.35. The molecular formula is C10H15N3O3S. The maximum atomic E-state index is 11.1. The third kappa shape index (κ3) is 2.55. The molecule has 1 aromatic heterocycles. The van der Waals surface area contributed by atoms with E-state index in [0.29, 0.717) is 11.7 Å². The van der Waals surface area contributed by atoms with Crippen LogP contribution in [0.4, 0.5) is 5.13 Å². The number of anilines is 1. The highest BCUT2D eigenvalue weighted by molar-refractivity contribution is 7.09. The molecule has 1 aliphatic rings. The van der Waals surface area contributed by atoms with Crippen LogP contribution in [0.5, 0.6) is 0 Å². The fraction of sp³-hybridized carbons (Fsp3) is 0.700. The fourth-order valence-corrected chi connectivity index (χ4v) is 2.72. The van der Waals surface area contributed by atoms with E-state index in [9.17, 15) is 9.90 Å². The highest BCUT2D eigenvalue weighted by atomic mass is 32.1. The highest BCUT2D eigenvalue weighted by Crippen LogP contribution is 2.27. The first-order valence-corrected chi connectivity index (χ1v) is 6.39. The van der Waals surface area contributed by atoms with Gasteiger partial charge < -0.3 is 15.1 Å². The maximum absolute atomic E-state index is 11.1. The number of aliphatic hydroxyl groups excluding tert-OH is 1. The van der Waals surface area contributed by atoms with E-state index in [1.54, 1.807) is 4.90 Å². The molecule has 17 heavy (non-hydrogen) atoms. The van der Waals surface area contributed by atoms with E-state index in [-0.39, 0.29) is 6.42 Å². The number of aryl methyl sites for hydroxylation is 1. The van der Waals surface area contributed by atoms with Gasteiger partial charge in [-0.05, 0) is 6.42 Å². The average molecular weight is 257 g/mol. The minimum absolute atomic E-state index is 0.248. The summed E-state index contributed by atoms with van der Waals surface area (Å²) in [5, 5.41) is 19.2. The SMILES string of the molecule is CCCc1nsc(N2CC(O)CC2C(=O)O)n1. The van der Waals surface area contributed by atoms with Crippen LogP contribution in [0.3, 0.4) is 0 Å². The molecule has 1 fully saturated rings. The Morgan fingerprint density at radius 3 is 3.06 bits per heavy atom. The van der Waals surface area contributed by atoms with Gasteiger partial charge in [-0.2, -0.15) is 4.37 Å². The summed E-state index contributed by atoms with van der Waals surface area (Å²) in [6, 6.07) is -0.688. The number of β-amino-alcohol motifs (C(OH)–C–C–N with tert-alkyl or cyclic N) is 1. The first-order valence-electron chi connectivity index (χ1n) is 5.62. The number of rotatable bonds is 4. The Kier molecular flexibility index (Phi) is 3.58. The molecule has 2 N–H and O–H groups in total. The largest absolute Gasteiger partial charge is 0.480 e. The topological polar surface area (TPSA) is 86.5 Å². The van der Waals surface area contributed by atoms with Crippen LogP contribution < -0.4 is 4.90 Å². The molecule has 1 aliphatic heterocycles. The van der Waals surface area contributed by atoms with Gasteiger partial charge in [-0.3, -0.25) is 0 Å². The van der Waals surface area contributed by atoms with E-state index in [1.165, 1.54) is 11.5 Å². The van der Waals surface area contributed by atoms with E-state index in [1.807, 2.05) is 6.92 Å². The molecule has 0 amide bonds. The standard InChI is InChI=1S/C10H15N3O3S/c1-2-3-8-11-10(17-12-8)13-5-6(14)4-7(13)9(15)16/h6-7,14H,2-5H2,1H3,(H,15,16). The Bertz CT molecular complexity index is 409. The average Bonchev–Trinajstić information content (AvgIpc) is 2.85. The van der Waals surface area contributed by atoms with Gasteiger partial charge in [0.2, 0.25) is 5.13 Å². The van der Waals surface area contributed by atoms with Crippen LogP contribution in [0.1, 0.15) is 25.6 Å². The van der Waals surface area contributed by atoms with Gasteiger partial charge in [0, 0.05) is 30.9 Å². The Labute approximate surface area is 103 Å². The molecule has 0 saturated carbocycles. The van der Waals surface area contributed by atoms with Gasteiger partial charge in [0.1, 0.15) is 11.9 Å². The molecule has 2 unspecified atom stereocenters. The Morgan fingerprint density at radius 1 is 1.65 bits per heavy atom. The van der Waals surface area contributed by atoms with Crippen molar-refractivity contribution >= 4 is 22.6 Å². The van der Waals surface area contributed by atoms with Gasteiger partial charge in [-0.1, -0.05) is 6.92 Å². The molecule has 2 rings (SSSR count). The normalized spacial score (nSPS) is 24.2. The van der Waals surface area contributed by atoms with Crippen LogP contribution in [0.15, 0.2) is 0 Å². The first kappa shape index (κ1) is 12.3. The summed E-state index contributed by atoms with van der Waals surface area (Å²) < 4.78 is 4.18. The molecule has 0 bridgehead atoms. The highest BCUT2D eigenvalue weighted by Gasteiger charge is 2.37. The monoisotopic (exact) mass is 257 g/mol. The lowest BCUT2D eigenvalue weighted by Gasteiger charge is -2.18. The number of carbonyl (C=O) groups is 1. The van der Waals surface area contributed by atoms with Crippen LogP contribution in [-0.4, -0.2) is 44.2 Å². The second-order valence-electron chi connectivity index (χ2n) is 4.14. The van der Waals surface area contributed by atoms with Crippen molar-refractivity contribution in [1.29, 1.82) is 0 Å². The van der Waals surface area contributed by atoms with Crippen molar-refractivity contribution in [2.45, 2.75) is 38.3 Å². The lowest BCUT2D eigenvalue weighted by atomic mass is 10.2. The summed E-state index contributed by atoms with van der Waals surface area (Å²) in [6.07, 6.45) is 1.40. The second-order valence-corrected chi connectivity index (χ2v) is 4.87. The molecule has 0 spiro atoms. The van der Waals surface area contributed by atoms with Crippen molar-refractivity contribution in [3.05, 3.63) is 5.82 Å². The summed E-state index contributed by atoms with van der Waals surface area (Å²) in [7, 11) is 0. The summed E-state index contributed by atoms with van der Waals surface area (Å²) >= 11 is 1.20. The number of nitrogens with zero attached hydrogens (tertiary/aromatic N) is 3. The quantitative estimate of drug-likeness (QED) is 0.817. The zero-order chi connectivity index (χ0) is 12.4. The first-order chi connectivity index (χ1) is 8.11. The van der Waals surface area contributed by atoms with Gasteiger partial charge in [0.25, 0.3) is 0 Å². The molecule has 2 heterocycles. The molecule has 1 saturated heterocycles. The van der Waals surface area contributed by atoms with Crippen LogP contribution in [0.2, 0.25) is 0 Å². The van der Waals surface area contributed by atoms with Crippen LogP contribution in [0.25, 0.3) is 0 Å². The van der Waals surface area contributed by atoms with Gasteiger partial charge >= 0.3 is 5.97 Å². The fourth-order valence-electron chi connectivity index (χ4n) is 1.95. The predicted molar refractivity (Wildman–Crippen MR) is 63.3 cm³/mol. The number of aromatic nitrogens is 2. The van der Waals surface area contributed by atoms with E-state index in [2.05, 4.69) is 9.36 Å². The molecule has 0 aromatic carbocycles. The van der Waals surface area contributed by atoms with Crippen LogP contribution in [-0.2, 0) is 11.2 Å². The molecule has 2 atom stereocenters. The zero-order valence-corrected chi connectivity index (χ0v) is 10.4. The summed E-state index contributed by atoms with van der Waals surface area (Å²) in [5.74, 6) is -0.174. The van der Waals surface area contributed by atoms with E-state index >= 15 is 0 Å². The van der Waals surface area contributed by atoms with Gasteiger partial charge in [-0.25, -0.2) is 9.78 Å². The van der Waals surface area contributed by atoms with Crippen molar-refractivity contribution in [3.63, 3.8) is 0 Å². The predicted octanol–water partition coefficient (Wildman–Crippen LogP) is 0.515. The van der Waals surface area contributed by atoms with Crippen molar-refractivity contribution in [3.8, 4) is 0 Å². The summed E-state index contributed by atoms with van der Waals surface area (Å²) in [4.78, 5) is 17.0. The van der Waals surface area contributed by atoms with E-state index < -0.39 is 18.1 Å². The third-order valence-electron chi connectivity index (χ3n) is 2.74. The maximum Gasteiger partial charge on any atom is 0.326 e. The number of hydrogen-bond acceptors (Lipinski definition) is 6. The number of carboxylic acid groups (broad SMARTS) is 1. The zero-order valence-electron chi connectivity index (χ0n) is 9.54. The molecule has 0 radical (unpaired) electrons. The van der Waals surface area contributed by atoms with Crippen molar-refractivity contribution < 1.29 is 15.0 Å². The summed E-state index contributed by atoms with van der Waals surface area (Å²) in [5.41, 5.74) is 0. The molecular weight excluding hydrogens is 242 g/mol. The molecule has 7 heteroatoms. The van der Waals surface area contributed by atoms with Crippen molar-refractivity contribution in [2.75, 3.05) is 11.4 Å². The molecule has 1 aromatic rings. The number of aliphatic hydroxyl groups is 1. The van der Waals surface area contributed by atoms with Crippen molar-refractivity contribution in [2.24, 2.45) is 0 Å². The van der Waals surface area contributed by atoms with Crippen LogP contribution >= 0.6 is 11.5 Å². The van der Waals surface area contributed by atoms with E-state index in [0.717, 1.165) is 18.7 Å². The molecule has 6 nitrogen and oxygen atoms in total. The Balaban J connectivity index is 2.16. The number of carboxylic acids is 1. The van der Waals surface area contributed by atoms with E-state index in [4.69, 9.17) is 5.11 Å². The minimum Gasteiger partial charge on any atom is -0.480 e. The van der Waals surface area contributed by atoms with Gasteiger partial charge in [0.15, 0.2) is 0 Å².